The van der Waals surface area contributed by atoms with E-state index in [9.17, 15) is 0 Å². The number of halogens is 1. The average molecular weight is 238 g/mol. The van der Waals surface area contributed by atoms with Crippen molar-refractivity contribution in [2.75, 3.05) is 18.4 Å². The molecule has 0 saturated carbocycles. The number of fused-ring (bicyclic) bond motifs is 1. The molecule has 3 nitrogen and oxygen atoms in total. The van der Waals surface area contributed by atoms with Crippen LogP contribution in [-0.2, 0) is 0 Å². The molecule has 4 heteroatoms. The van der Waals surface area contributed by atoms with Gasteiger partial charge in [0.15, 0.2) is 0 Å². The highest BCUT2D eigenvalue weighted by Gasteiger charge is 2.37. The number of pyridine rings is 1. The first kappa shape index (κ1) is 10.4. The molecule has 0 aliphatic carbocycles. The second-order valence-electron chi connectivity index (χ2n) is 4.64. The standard InChI is InChI=1S/C12H16ClN3/c13-9-3-5-14-8-11(9)15-10-4-7-16-6-1-2-12(10)16/h3,5,8,10,12,15H,1-2,4,6-7H2. The van der Waals surface area contributed by atoms with Gasteiger partial charge in [0, 0.05) is 24.8 Å². The fourth-order valence-corrected chi connectivity index (χ4v) is 3.09. The Balaban J connectivity index is 1.73. The Bertz CT molecular complexity index is 382. The van der Waals surface area contributed by atoms with Gasteiger partial charge in [-0.2, -0.15) is 0 Å². The minimum absolute atomic E-state index is 0.546. The maximum absolute atomic E-state index is 6.13. The molecule has 3 rings (SSSR count). The lowest BCUT2D eigenvalue weighted by Crippen LogP contribution is -2.33. The zero-order valence-electron chi connectivity index (χ0n) is 9.19. The van der Waals surface area contributed by atoms with Crippen LogP contribution in [0.15, 0.2) is 18.5 Å². The van der Waals surface area contributed by atoms with Crippen LogP contribution in [0.25, 0.3) is 0 Å². The van der Waals surface area contributed by atoms with E-state index >= 15 is 0 Å². The van der Waals surface area contributed by atoms with Gasteiger partial charge in [-0.3, -0.25) is 9.88 Å². The lowest BCUT2D eigenvalue weighted by Gasteiger charge is -2.22. The molecule has 2 aliphatic rings. The topological polar surface area (TPSA) is 28.2 Å². The van der Waals surface area contributed by atoms with Crippen molar-refractivity contribution in [3.05, 3.63) is 23.5 Å². The van der Waals surface area contributed by atoms with Gasteiger partial charge in [0.1, 0.15) is 0 Å². The van der Waals surface area contributed by atoms with Crippen molar-refractivity contribution in [2.24, 2.45) is 0 Å². The first-order chi connectivity index (χ1) is 7.84. The summed E-state index contributed by atoms with van der Waals surface area (Å²) < 4.78 is 0. The third kappa shape index (κ3) is 1.78. The fourth-order valence-electron chi connectivity index (χ4n) is 2.93. The van der Waals surface area contributed by atoms with Crippen LogP contribution in [0.5, 0.6) is 0 Å². The van der Waals surface area contributed by atoms with E-state index in [2.05, 4.69) is 15.2 Å². The van der Waals surface area contributed by atoms with Crippen molar-refractivity contribution in [3.8, 4) is 0 Å². The van der Waals surface area contributed by atoms with Gasteiger partial charge >= 0.3 is 0 Å². The van der Waals surface area contributed by atoms with E-state index in [1.807, 2.05) is 12.3 Å². The number of rotatable bonds is 2. The van der Waals surface area contributed by atoms with Crippen LogP contribution < -0.4 is 5.32 Å². The summed E-state index contributed by atoms with van der Waals surface area (Å²) in [6.07, 6.45) is 7.42. The molecule has 2 aliphatic heterocycles. The summed E-state index contributed by atoms with van der Waals surface area (Å²) in [6.45, 7) is 2.49. The van der Waals surface area contributed by atoms with Crippen LogP contribution >= 0.6 is 11.6 Å². The Morgan fingerprint density at radius 1 is 1.38 bits per heavy atom. The molecule has 16 heavy (non-hydrogen) atoms. The molecule has 2 fully saturated rings. The molecule has 0 amide bonds. The summed E-state index contributed by atoms with van der Waals surface area (Å²) in [4.78, 5) is 6.70. The van der Waals surface area contributed by atoms with Gasteiger partial charge < -0.3 is 5.32 Å². The van der Waals surface area contributed by atoms with Gasteiger partial charge in [-0.25, -0.2) is 0 Å². The molecule has 2 atom stereocenters. The van der Waals surface area contributed by atoms with Crippen LogP contribution in [0.3, 0.4) is 0 Å². The number of hydrogen-bond donors (Lipinski definition) is 1. The molecule has 0 aromatic carbocycles. The van der Waals surface area contributed by atoms with Crippen LogP contribution in [0.4, 0.5) is 5.69 Å². The third-order valence-electron chi connectivity index (χ3n) is 3.71. The van der Waals surface area contributed by atoms with E-state index in [4.69, 9.17) is 11.6 Å². The zero-order valence-corrected chi connectivity index (χ0v) is 9.95. The highest BCUT2D eigenvalue weighted by atomic mass is 35.5. The van der Waals surface area contributed by atoms with Crippen molar-refractivity contribution in [1.82, 2.24) is 9.88 Å². The van der Waals surface area contributed by atoms with Crippen molar-refractivity contribution in [1.29, 1.82) is 0 Å². The van der Waals surface area contributed by atoms with Crippen LogP contribution in [0.2, 0.25) is 5.02 Å². The summed E-state index contributed by atoms with van der Waals surface area (Å²) >= 11 is 6.13. The number of anilines is 1. The Morgan fingerprint density at radius 3 is 3.19 bits per heavy atom. The van der Waals surface area contributed by atoms with Crippen molar-refractivity contribution >= 4 is 17.3 Å². The minimum Gasteiger partial charge on any atom is -0.378 e. The molecule has 0 spiro atoms. The van der Waals surface area contributed by atoms with E-state index in [0.29, 0.717) is 12.1 Å². The SMILES string of the molecule is Clc1ccncc1NC1CCN2CCCC12. The quantitative estimate of drug-likeness (QED) is 0.856. The average Bonchev–Trinajstić information content (AvgIpc) is 2.86. The smallest absolute Gasteiger partial charge is 0.0718 e. The normalized spacial score (nSPS) is 29.3. The van der Waals surface area contributed by atoms with Gasteiger partial charge in [0.05, 0.1) is 16.9 Å². The molecule has 86 valence electrons. The second-order valence-corrected chi connectivity index (χ2v) is 5.05. The van der Waals surface area contributed by atoms with E-state index in [1.54, 1.807) is 6.20 Å². The summed E-state index contributed by atoms with van der Waals surface area (Å²) in [7, 11) is 0. The van der Waals surface area contributed by atoms with E-state index in [-0.39, 0.29) is 0 Å². The van der Waals surface area contributed by atoms with Gasteiger partial charge in [-0.15, -0.1) is 0 Å². The lowest BCUT2D eigenvalue weighted by molar-refractivity contribution is 0.318. The first-order valence-corrected chi connectivity index (χ1v) is 6.32. The molecule has 1 N–H and O–H groups in total. The predicted octanol–water partition coefficient (Wildman–Crippen LogP) is 2.38. The first-order valence-electron chi connectivity index (χ1n) is 5.95. The molecular formula is C12H16ClN3. The number of nitrogens with zero attached hydrogens (tertiary/aromatic N) is 2. The second kappa shape index (κ2) is 4.22. The number of hydrogen-bond acceptors (Lipinski definition) is 3. The molecule has 2 unspecified atom stereocenters. The van der Waals surface area contributed by atoms with E-state index in [0.717, 1.165) is 10.7 Å². The molecule has 0 bridgehead atoms. The molecule has 0 radical (unpaired) electrons. The summed E-state index contributed by atoms with van der Waals surface area (Å²) in [5.74, 6) is 0. The van der Waals surface area contributed by atoms with Crippen LogP contribution in [-0.4, -0.2) is 35.1 Å². The van der Waals surface area contributed by atoms with Gasteiger partial charge in [-0.1, -0.05) is 11.6 Å². The Hall–Kier alpha value is -0.800. The van der Waals surface area contributed by atoms with Gasteiger partial charge in [0.2, 0.25) is 0 Å². The van der Waals surface area contributed by atoms with E-state index < -0.39 is 0 Å². The highest BCUT2D eigenvalue weighted by Crippen LogP contribution is 2.31. The van der Waals surface area contributed by atoms with Crippen LogP contribution in [0.1, 0.15) is 19.3 Å². The molecular weight excluding hydrogens is 222 g/mol. The van der Waals surface area contributed by atoms with Crippen LogP contribution in [0, 0.1) is 0 Å². The number of aromatic nitrogens is 1. The Morgan fingerprint density at radius 2 is 2.31 bits per heavy atom. The van der Waals surface area contributed by atoms with Crippen molar-refractivity contribution in [3.63, 3.8) is 0 Å². The summed E-state index contributed by atoms with van der Waals surface area (Å²) in [5, 5.41) is 4.31. The largest absolute Gasteiger partial charge is 0.378 e. The number of nitrogens with one attached hydrogen (secondary N) is 1. The lowest BCUT2D eigenvalue weighted by atomic mass is 10.1. The fraction of sp³-hybridized carbons (Fsp3) is 0.583. The molecule has 1 aromatic heterocycles. The monoisotopic (exact) mass is 237 g/mol. The zero-order chi connectivity index (χ0) is 11.0. The van der Waals surface area contributed by atoms with E-state index in [1.165, 1.54) is 32.4 Å². The molecule has 1 aromatic rings. The van der Waals surface area contributed by atoms with Crippen molar-refractivity contribution in [2.45, 2.75) is 31.3 Å². The minimum atomic E-state index is 0.546. The highest BCUT2D eigenvalue weighted by molar-refractivity contribution is 6.33. The Kier molecular flexibility index (Phi) is 2.74. The van der Waals surface area contributed by atoms with Gasteiger partial charge in [-0.05, 0) is 31.9 Å². The summed E-state index contributed by atoms with van der Waals surface area (Å²) in [5.41, 5.74) is 0.975. The molecule has 3 heterocycles. The van der Waals surface area contributed by atoms with Gasteiger partial charge in [0.25, 0.3) is 0 Å². The molecule has 2 saturated heterocycles. The Labute approximate surface area is 101 Å². The maximum atomic E-state index is 6.13. The van der Waals surface area contributed by atoms with Crippen molar-refractivity contribution < 1.29 is 0 Å². The maximum Gasteiger partial charge on any atom is 0.0718 e. The summed E-state index contributed by atoms with van der Waals surface area (Å²) in [6, 6.07) is 3.09. The predicted molar refractivity (Wildman–Crippen MR) is 65.9 cm³/mol. The third-order valence-corrected chi connectivity index (χ3v) is 4.04.